The lowest BCUT2D eigenvalue weighted by Gasteiger charge is -2.35. The van der Waals surface area contributed by atoms with E-state index < -0.39 is 23.9 Å². The van der Waals surface area contributed by atoms with Gasteiger partial charge in [0.05, 0.1) is 30.7 Å². The second-order valence-electron chi connectivity index (χ2n) is 10.1. The number of ether oxygens (including phenoxy) is 1. The molecule has 39 heavy (non-hydrogen) atoms. The van der Waals surface area contributed by atoms with E-state index in [1.54, 1.807) is 37.4 Å². The van der Waals surface area contributed by atoms with Crippen molar-refractivity contribution in [2.45, 2.75) is 12.1 Å². The maximum atomic E-state index is 14.1. The highest BCUT2D eigenvalue weighted by molar-refractivity contribution is 6.24. The summed E-state index contributed by atoms with van der Waals surface area (Å²) in [5.74, 6) is -1.81. The van der Waals surface area contributed by atoms with Gasteiger partial charge in [0.1, 0.15) is 11.8 Å². The lowest BCUT2D eigenvalue weighted by molar-refractivity contribution is -0.128. The number of anilines is 2. The molecule has 0 unspecified atom stereocenters. The van der Waals surface area contributed by atoms with E-state index in [-0.39, 0.29) is 17.7 Å². The number of fused-ring (bicyclic) bond motifs is 6. The maximum absolute atomic E-state index is 14.1. The van der Waals surface area contributed by atoms with E-state index in [1.807, 2.05) is 77.8 Å². The summed E-state index contributed by atoms with van der Waals surface area (Å²) in [4.78, 5) is 45.2. The van der Waals surface area contributed by atoms with E-state index in [2.05, 4.69) is 5.32 Å². The molecule has 4 atom stereocenters. The number of benzene rings is 4. The van der Waals surface area contributed by atoms with Crippen molar-refractivity contribution >= 4 is 45.9 Å². The quantitative estimate of drug-likeness (QED) is 0.387. The number of imide groups is 1. The molecule has 2 fully saturated rings. The SMILES string of the molecule is COc1ccc(NC(=O)[C@@H]2[C@@H]3C(=O)N(c4ccc5ccccc5c4)C(=O)[C@@H]3[C@@H]3c4ccccc4C=CN23)cc1. The van der Waals surface area contributed by atoms with Gasteiger partial charge in [-0.05, 0) is 64.4 Å². The minimum absolute atomic E-state index is 0.278. The fourth-order valence-corrected chi connectivity index (χ4v) is 6.32. The molecule has 0 bridgehead atoms. The van der Waals surface area contributed by atoms with Crippen LogP contribution in [0.2, 0.25) is 0 Å². The summed E-state index contributed by atoms with van der Waals surface area (Å²) in [5, 5.41) is 4.93. The molecule has 3 heterocycles. The Balaban J connectivity index is 1.30. The van der Waals surface area contributed by atoms with E-state index in [1.165, 1.54) is 4.90 Å². The van der Waals surface area contributed by atoms with Crippen LogP contribution in [0, 0.1) is 11.8 Å². The number of nitrogens with zero attached hydrogens (tertiary/aromatic N) is 2. The Kier molecular flexibility index (Phi) is 5.26. The second-order valence-corrected chi connectivity index (χ2v) is 10.1. The maximum Gasteiger partial charge on any atom is 0.247 e. The minimum Gasteiger partial charge on any atom is -0.497 e. The molecule has 3 aliphatic heterocycles. The third-order valence-corrected chi connectivity index (χ3v) is 8.08. The molecule has 0 saturated carbocycles. The van der Waals surface area contributed by atoms with Gasteiger partial charge in [-0.2, -0.15) is 0 Å². The number of nitrogens with one attached hydrogen (secondary N) is 1. The van der Waals surface area contributed by atoms with Crippen LogP contribution >= 0.6 is 0 Å². The molecule has 7 nitrogen and oxygen atoms in total. The van der Waals surface area contributed by atoms with Crippen molar-refractivity contribution in [3.63, 3.8) is 0 Å². The van der Waals surface area contributed by atoms with Crippen molar-refractivity contribution in [2.75, 3.05) is 17.3 Å². The van der Waals surface area contributed by atoms with Crippen LogP contribution < -0.4 is 15.0 Å². The molecule has 1 N–H and O–H groups in total. The molecule has 7 rings (SSSR count). The smallest absolute Gasteiger partial charge is 0.247 e. The van der Waals surface area contributed by atoms with Gasteiger partial charge >= 0.3 is 0 Å². The summed E-state index contributed by atoms with van der Waals surface area (Å²) >= 11 is 0. The predicted octanol–water partition coefficient (Wildman–Crippen LogP) is 5.00. The van der Waals surface area contributed by atoms with Gasteiger partial charge in [-0.15, -0.1) is 0 Å². The lowest BCUT2D eigenvalue weighted by Crippen LogP contribution is -2.46. The number of carbonyl (C=O) groups is 3. The van der Waals surface area contributed by atoms with E-state index in [9.17, 15) is 14.4 Å². The topological polar surface area (TPSA) is 79.0 Å². The van der Waals surface area contributed by atoms with E-state index >= 15 is 0 Å². The highest BCUT2D eigenvalue weighted by Gasteiger charge is 2.64. The first kappa shape index (κ1) is 23.2. The van der Waals surface area contributed by atoms with Gasteiger partial charge in [-0.1, -0.05) is 54.6 Å². The minimum atomic E-state index is -0.853. The van der Waals surface area contributed by atoms with Gasteiger partial charge in [0, 0.05) is 11.9 Å². The number of hydrogen-bond acceptors (Lipinski definition) is 5. The third kappa shape index (κ3) is 3.54. The Morgan fingerprint density at radius 2 is 1.54 bits per heavy atom. The zero-order valence-electron chi connectivity index (χ0n) is 21.2. The molecule has 2 saturated heterocycles. The third-order valence-electron chi connectivity index (χ3n) is 8.08. The largest absolute Gasteiger partial charge is 0.497 e. The number of carbonyl (C=O) groups excluding carboxylic acids is 3. The number of rotatable bonds is 4. The number of amides is 3. The molecule has 0 aliphatic carbocycles. The molecular weight excluding hydrogens is 490 g/mol. The summed E-state index contributed by atoms with van der Waals surface area (Å²) in [5.41, 5.74) is 3.04. The van der Waals surface area contributed by atoms with Crippen LogP contribution in [0.4, 0.5) is 11.4 Å². The summed E-state index contributed by atoms with van der Waals surface area (Å²) in [6.07, 6.45) is 3.79. The van der Waals surface area contributed by atoms with Gasteiger partial charge in [0.15, 0.2) is 0 Å². The summed E-state index contributed by atoms with van der Waals surface area (Å²) in [7, 11) is 1.58. The summed E-state index contributed by atoms with van der Waals surface area (Å²) in [6, 6.07) is 27.0. The van der Waals surface area contributed by atoms with Crippen molar-refractivity contribution in [3.8, 4) is 5.75 Å². The van der Waals surface area contributed by atoms with Gasteiger partial charge in [0.25, 0.3) is 0 Å². The normalized spacial score (nSPS) is 23.0. The fourth-order valence-electron chi connectivity index (χ4n) is 6.32. The van der Waals surface area contributed by atoms with Gasteiger partial charge in [0.2, 0.25) is 17.7 Å². The average Bonchev–Trinajstić information content (AvgIpc) is 3.45. The molecule has 192 valence electrons. The Bertz CT molecular complexity index is 1680. The molecule has 7 heteroatoms. The average molecular weight is 516 g/mol. The Labute approximate surface area is 225 Å². The van der Waals surface area contributed by atoms with Crippen LogP contribution in [0.15, 0.2) is 97.2 Å². The molecule has 3 amide bonds. The van der Waals surface area contributed by atoms with Crippen LogP contribution in [-0.2, 0) is 14.4 Å². The molecule has 0 spiro atoms. The van der Waals surface area contributed by atoms with Crippen molar-refractivity contribution < 1.29 is 19.1 Å². The lowest BCUT2D eigenvalue weighted by atomic mass is 9.84. The highest BCUT2D eigenvalue weighted by atomic mass is 16.5. The monoisotopic (exact) mass is 515 g/mol. The van der Waals surface area contributed by atoms with Crippen molar-refractivity contribution in [3.05, 3.63) is 108 Å². The first-order chi connectivity index (χ1) is 19.0. The van der Waals surface area contributed by atoms with Crippen LogP contribution in [0.1, 0.15) is 17.2 Å². The van der Waals surface area contributed by atoms with Crippen LogP contribution in [0.5, 0.6) is 5.75 Å². The molecule has 0 radical (unpaired) electrons. The Morgan fingerprint density at radius 1 is 0.821 bits per heavy atom. The number of methoxy groups -OCH3 is 1. The molecule has 4 aromatic rings. The van der Waals surface area contributed by atoms with Crippen molar-refractivity contribution in [1.82, 2.24) is 4.90 Å². The van der Waals surface area contributed by atoms with Gasteiger partial charge in [-0.25, -0.2) is 4.90 Å². The highest BCUT2D eigenvalue weighted by Crippen LogP contribution is 2.53. The van der Waals surface area contributed by atoms with Gasteiger partial charge < -0.3 is 15.0 Å². The zero-order valence-corrected chi connectivity index (χ0v) is 21.2. The summed E-state index contributed by atoms with van der Waals surface area (Å²) in [6.45, 7) is 0. The van der Waals surface area contributed by atoms with Crippen LogP contribution in [-0.4, -0.2) is 35.8 Å². The molecule has 3 aliphatic rings. The van der Waals surface area contributed by atoms with E-state index in [4.69, 9.17) is 4.74 Å². The Morgan fingerprint density at radius 3 is 2.33 bits per heavy atom. The van der Waals surface area contributed by atoms with Crippen molar-refractivity contribution in [2.24, 2.45) is 11.8 Å². The van der Waals surface area contributed by atoms with E-state index in [0.29, 0.717) is 17.1 Å². The first-order valence-corrected chi connectivity index (χ1v) is 12.9. The van der Waals surface area contributed by atoms with Gasteiger partial charge in [-0.3, -0.25) is 14.4 Å². The van der Waals surface area contributed by atoms with E-state index in [0.717, 1.165) is 21.9 Å². The number of hydrogen-bond donors (Lipinski definition) is 1. The fraction of sp³-hybridized carbons (Fsp3) is 0.156. The second kappa shape index (κ2) is 8.84. The van der Waals surface area contributed by atoms with Crippen LogP contribution in [0.25, 0.3) is 16.8 Å². The van der Waals surface area contributed by atoms with Crippen LogP contribution in [0.3, 0.4) is 0 Å². The predicted molar refractivity (Wildman–Crippen MR) is 149 cm³/mol. The van der Waals surface area contributed by atoms with Crippen molar-refractivity contribution in [1.29, 1.82) is 0 Å². The molecule has 0 aromatic heterocycles. The molecular formula is C32H25N3O4. The Hall–Kier alpha value is -4.91. The zero-order chi connectivity index (χ0) is 26.7. The first-order valence-electron chi connectivity index (χ1n) is 12.9. The molecule has 4 aromatic carbocycles. The summed E-state index contributed by atoms with van der Waals surface area (Å²) < 4.78 is 5.22. The standard InChI is InChI=1S/C32H25N3O4/c1-39-24-14-11-22(12-15-24)33-30(36)29-27-26(28-25-9-5-4-7-20(25)16-17-34(28)29)31(37)35(32(27)38)23-13-10-19-6-2-3-8-21(19)18-23/h2-18,26-29H,1H3,(H,33,36)/t26-,27+,28-,29-/m0/s1.